The molecule has 3 heteroatoms. The van der Waals surface area contributed by atoms with Gasteiger partial charge in [-0.05, 0) is 18.2 Å². The van der Waals surface area contributed by atoms with Crippen molar-refractivity contribution in [2.75, 3.05) is 0 Å². The number of hydrogen-bond acceptors (Lipinski definition) is 2. The van der Waals surface area contributed by atoms with Gasteiger partial charge in [0.05, 0.1) is 5.52 Å². The zero-order chi connectivity index (χ0) is 10.1. The van der Waals surface area contributed by atoms with Crippen molar-refractivity contribution in [1.29, 1.82) is 0 Å². The first-order valence-corrected chi connectivity index (χ1v) is 4.78. The molecule has 0 aliphatic heterocycles. The van der Waals surface area contributed by atoms with Gasteiger partial charge in [-0.2, -0.15) is 5.10 Å². The van der Waals surface area contributed by atoms with Crippen LogP contribution in [0.15, 0.2) is 48.8 Å². The summed E-state index contributed by atoms with van der Waals surface area (Å²) in [7, 11) is 0. The number of H-pyrrole nitrogens is 1. The van der Waals surface area contributed by atoms with Crippen LogP contribution >= 0.6 is 0 Å². The fourth-order valence-corrected chi connectivity index (χ4v) is 1.69. The Balaban J connectivity index is 2.28. The molecule has 0 atom stereocenters. The van der Waals surface area contributed by atoms with Crippen LogP contribution in [0.2, 0.25) is 0 Å². The minimum absolute atomic E-state index is 0.957. The molecule has 3 aromatic rings. The van der Waals surface area contributed by atoms with Gasteiger partial charge in [0, 0.05) is 23.3 Å². The van der Waals surface area contributed by atoms with Gasteiger partial charge in [0.2, 0.25) is 0 Å². The van der Waals surface area contributed by atoms with E-state index in [9.17, 15) is 0 Å². The summed E-state index contributed by atoms with van der Waals surface area (Å²) in [6.07, 6.45) is 3.58. The summed E-state index contributed by atoms with van der Waals surface area (Å²) in [4.78, 5) is 4.09. The molecular weight excluding hydrogens is 186 g/mol. The van der Waals surface area contributed by atoms with Crippen molar-refractivity contribution in [2.24, 2.45) is 0 Å². The largest absolute Gasteiger partial charge is 0.277 e. The average molecular weight is 195 g/mol. The molecule has 0 saturated carbocycles. The van der Waals surface area contributed by atoms with Gasteiger partial charge in [0.1, 0.15) is 5.69 Å². The van der Waals surface area contributed by atoms with Crippen molar-refractivity contribution in [1.82, 2.24) is 15.2 Å². The second kappa shape index (κ2) is 3.20. The topological polar surface area (TPSA) is 41.6 Å². The number of benzene rings is 1. The Hall–Kier alpha value is -2.16. The second-order valence-electron chi connectivity index (χ2n) is 3.36. The van der Waals surface area contributed by atoms with Gasteiger partial charge in [0.15, 0.2) is 0 Å². The van der Waals surface area contributed by atoms with Crippen molar-refractivity contribution >= 4 is 10.9 Å². The molecule has 1 N–H and O–H groups in total. The van der Waals surface area contributed by atoms with Gasteiger partial charge < -0.3 is 0 Å². The van der Waals surface area contributed by atoms with E-state index in [0.29, 0.717) is 0 Å². The van der Waals surface area contributed by atoms with Crippen molar-refractivity contribution < 1.29 is 0 Å². The summed E-state index contributed by atoms with van der Waals surface area (Å²) < 4.78 is 0. The highest BCUT2D eigenvalue weighted by Gasteiger charge is 2.06. The fraction of sp³-hybridized carbons (Fsp3) is 0. The maximum atomic E-state index is 4.30. The minimum Gasteiger partial charge on any atom is -0.277 e. The number of nitrogens with zero attached hydrogens (tertiary/aromatic N) is 2. The highest BCUT2D eigenvalue weighted by atomic mass is 15.1. The van der Waals surface area contributed by atoms with Crippen molar-refractivity contribution in [3.63, 3.8) is 0 Å². The molecule has 0 bridgehead atoms. The van der Waals surface area contributed by atoms with Gasteiger partial charge in [-0.25, -0.2) is 0 Å². The number of aromatic nitrogens is 3. The van der Waals surface area contributed by atoms with Gasteiger partial charge in [-0.3, -0.25) is 10.1 Å². The Morgan fingerprint density at radius 3 is 2.80 bits per heavy atom. The van der Waals surface area contributed by atoms with E-state index < -0.39 is 0 Å². The Labute approximate surface area is 86.8 Å². The number of rotatable bonds is 1. The average Bonchev–Trinajstić information content (AvgIpc) is 2.74. The van der Waals surface area contributed by atoms with E-state index in [1.54, 1.807) is 6.20 Å². The van der Waals surface area contributed by atoms with Crippen molar-refractivity contribution in [2.45, 2.75) is 0 Å². The van der Waals surface area contributed by atoms with Crippen LogP contribution in [-0.4, -0.2) is 15.2 Å². The van der Waals surface area contributed by atoms with E-state index in [1.807, 2.05) is 36.5 Å². The Morgan fingerprint density at radius 1 is 1.00 bits per heavy atom. The molecule has 3 rings (SSSR count). The molecule has 0 aliphatic carbocycles. The number of para-hydroxylation sites is 1. The normalized spacial score (nSPS) is 10.7. The minimum atomic E-state index is 0.957. The number of nitrogens with one attached hydrogen (secondary N) is 1. The fourth-order valence-electron chi connectivity index (χ4n) is 1.69. The SMILES string of the molecule is c1cncc(-c2n[nH]c3ccccc23)c1. The standard InChI is InChI=1S/C12H9N3/c1-2-6-11-10(5-1)12(15-14-11)9-4-3-7-13-8-9/h1-8H,(H,14,15). The molecule has 0 aliphatic rings. The summed E-state index contributed by atoms with van der Waals surface area (Å²) in [6.45, 7) is 0. The zero-order valence-corrected chi connectivity index (χ0v) is 8.01. The smallest absolute Gasteiger partial charge is 0.101 e. The number of hydrogen-bond donors (Lipinski definition) is 1. The van der Waals surface area contributed by atoms with Crippen LogP contribution in [0.1, 0.15) is 0 Å². The molecule has 3 nitrogen and oxygen atoms in total. The van der Waals surface area contributed by atoms with Crippen LogP contribution in [0.3, 0.4) is 0 Å². The first kappa shape index (κ1) is 8.17. The molecule has 15 heavy (non-hydrogen) atoms. The lowest BCUT2D eigenvalue weighted by Gasteiger charge is -1.95. The predicted octanol–water partition coefficient (Wildman–Crippen LogP) is 2.62. The van der Waals surface area contributed by atoms with Gasteiger partial charge in [0.25, 0.3) is 0 Å². The molecular formula is C12H9N3. The maximum absolute atomic E-state index is 4.30. The van der Waals surface area contributed by atoms with Crippen molar-refractivity contribution in [3.8, 4) is 11.3 Å². The molecule has 2 heterocycles. The maximum Gasteiger partial charge on any atom is 0.101 e. The lowest BCUT2D eigenvalue weighted by atomic mass is 10.1. The van der Waals surface area contributed by atoms with E-state index in [-0.39, 0.29) is 0 Å². The van der Waals surface area contributed by atoms with E-state index in [2.05, 4.69) is 21.2 Å². The summed E-state index contributed by atoms with van der Waals surface area (Å²) in [6, 6.07) is 12.0. The molecule has 0 spiro atoms. The number of pyridine rings is 1. The summed E-state index contributed by atoms with van der Waals surface area (Å²) in [5.74, 6) is 0. The molecule has 0 fully saturated rings. The van der Waals surface area contributed by atoms with Crippen LogP contribution < -0.4 is 0 Å². The van der Waals surface area contributed by atoms with E-state index in [0.717, 1.165) is 22.2 Å². The third-order valence-electron chi connectivity index (χ3n) is 2.41. The van der Waals surface area contributed by atoms with Crippen molar-refractivity contribution in [3.05, 3.63) is 48.8 Å². The Bertz CT molecular complexity index is 584. The quantitative estimate of drug-likeness (QED) is 0.648. The summed E-state index contributed by atoms with van der Waals surface area (Å²) in [5.41, 5.74) is 3.05. The second-order valence-corrected chi connectivity index (χ2v) is 3.36. The molecule has 0 amide bonds. The van der Waals surface area contributed by atoms with E-state index in [1.165, 1.54) is 0 Å². The first-order valence-electron chi connectivity index (χ1n) is 4.78. The van der Waals surface area contributed by atoms with Crippen LogP contribution in [0.25, 0.3) is 22.2 Å². The molecule has 0 unspecified atom stereocenters. The van der Waals surface area contributed by atoms with Gasteiger partial charge in [-0.1, -0.05) is 18.2 Å². The Kier molecular flexibility index (Phi) is 1.75. The first-order chi connectivity index (χ1) is 7.45. The van der Waals surface area contributed by atoms with Crippen LogP contribution in [-0.2, 0) is 0 Å². The lowest BCUT2D eigenvalue weighted by Crippen LogP contribution is -1.79. The predicted molar refractivity (Wildman–Crippen MR) is 59.3 cm³/mol. The van der Waals surface area contributed by atoms with E-state index >= 15 is 0 Å². The molecule has 1 aromatic carbocycles. The monoisotopic (exact) mass is 195 g/mol. The summed E-state index contributed by atoms with van der Waals surface area (Å²) >= 11 is 0. The van der Waals surface area contributed by atoms with Crippen LogP contribution in [0.4, 0.5) is 0 Å². The lowest BCUT2D eigenvalue weighted by molar-refractivity contribution is 1.12. The zero-order valence-electron chi connectivity index (χ0n) is 8.01. The molecule has 2 aromatic heterocycles. The summed E-state index contributed by atoms with van der Waals surface area (Å²) in [5, 5.41) is 8.44. The highest BCUT2D eigenvalue weighted by Crippen LogP contribution is 2.24. The van der Waals surface area contributed by atoms with Gasteiger partial charge in [-0.15, -0.1) is 0 Å². The molecule has 0 saturated heterocycles. The van der Waals surface area contributed by atoms with Crippen LogP contribution in [0.5, 0.6) is 0 Å². The van der Waals surface area contributed by atoms with Crippen LogP contribution in [0, 0.1) is 0 Å². The highest BCUT2D eigenvalue weighted by molar-refractivity contribution is 5.92. The molecule has 72 valence electrons. The van der Waals surface area contributed by atoms with Gasteiger partial charge >= 0.3 is 0 Å². The third-order valence-corrected chi connectivity index (χ3v) is 2.41. The molecule has 0 radical (unpaired) electrons. The van der Waals surface area contributed by atoms with E-state index in [4.69, 9.17) is 0 Å². The number of aromatic amines is 1. The Morgan fingerprint density at radius 2 is 1.93 bits per heavy atom. The third kappa shape index (κ3) is 1.29. The number of fused-ring (bicyclic) bond motifs is 1.